The number of benzene rings is 1. The number of carbonyl (C=O) groups is 1. The Kier molecular flexibility index (Phi) is 5.18. The van der Waals surface area contributed by atoms with Gasteiger partial charge in [-0.05, 0) is 43.3 Å². The summed E-state index contributed by atoms with van der Waals surface area (Å²) in [6.07, 6.45) is 2.27. The number of hydrogen-bond acceptors (Lipinski definition) is 6. The number of amides is 1. The molecule has 0 bridgehead atoms. The molecule has 1 amide bonds. The number of carbonyl (C=O) groups excluding carboxylic acids is 1. The molecule has 1 aliphatic carbocycles. The fraction of sp³-hybridized carbons (Fsp3) is 0.316. The first kappa shape index (κ1) is 18.1. The number of rotatable bonds is 7. The van der Waals surface area contributed by atoms with E-state index in [0.29, 0.717) is 11.8 Å². The Morgan fingerprint density at radius 1 is 1.33 bits per heavy atom. The number of nitrogens with zero attached hydrogens (tertiary/aromatic N) is 3. The lowest BCUT2D eigenvalue weighted by Gasteiger charge is -2.13. The predicted octanol–water partition coefficient (Wildman–Crippen LogP) is 4.47. The van der Waals surface area contributed by atoms with Crippen molar-refractivity contribution in [3.8, 4) is 16.5 Å². The highest BCUT2D eigenvalue weighted by Gasteiger charge is 2.31. The maximum absolute atomic E-state index is 12.6. The highest BCUT2D eigenvalue weighted by molar-refractivity contribution is 8.00. The number of thioether (sulfide) groups is 1. The first-order valence-electron chi connectivity index (χ1n) is 8.76. The normalized spacial score (nSPS) is 14.7. The topological polar surface area (TPSA) is 69.0 Å². The van der Waals surface area contributed by atoms with Crippen LogP contribution in [-0.4, -0.2) is 33.0 Å². The fourth-order valence-corrected chi connectivity index (χ4v) is 4.37. The van der Waals surface area contributed by atoms with Gasteiger partial charge in [-0.3, -0.25) is 9.36 Å². The molecule has 3 aromatic rings. The average Bonchev–Trinajstić information content (AvgIpc) is 3.20. The molecule has 0 radical (unpaired) electrons. The molecule has 1 aliphatic rings. The van der Waals surface area contributed by atoms with E-state index in [4.69, 9.17) is 4.74 Å². The Hall–Kier alpha value is -2.32. The van der Waals surface area contributed by atoms with Crippen LogP contribution in [0, 0.1) is 0 Å². The standard InChI is InChI=1S/C19H20N4O2S2/c1-12(18(24)20-13-5-3-6-15(11-13)25-2)27-19-22-21-17(16-7-4-10-26-16)23(19)14-8-9-14/h3-7,10-12,14H,8-9H2,1-2H3,(H,20,24)/t12-/m1/s1. The van der Waals surface area contributed by atoms with E-state index in [9.17, 15) is 4.79 Å². The zero-order valence-electron chi connectivity index (χ0n) is 15.1. The van der Waals surface area contributed by atoms with Crippen LogP contribution in [0.1, 0.15) is 25.8 Å². The molecule has 0 unspecified atom stereocenters. The summed E-state index contributed by atoms with van der Waals surface area (Å²) in [7, 11) is 1.61. The number of anilines is 1. The van der Waals surface area contributed by atoms with Crippen molar-refractivity contribution in [1.82, 2.24) is 14.8 Å². The molecule has 2 aromatic heterocycles. The van der Waals surface area contributed by atoms with Gasteiger partial charge in [0.1, 0.15) is 5.75 Å². The minimum Gasteiger partial charge on any atom is -0.497 e. The van der Waals surface area contributed by atoms with Crippen molar-refractivity contribution in [2.24, 2.45) is 0 Å². The fourth-order valence-electron chi connectivity index (χ4n) is 2.75. The van der Waals surface area contributed by atoms with Crippen LogP contribution < -0.4 is 10.1 Å². The predicted molar refractivity (Wildman–Crippen MR) is 109 cm³/mol. The third-order valence-corrected chi connectivity index (χ3v) is 6.23. The largest absolute Gasteiger partial charge is 0.497 e. The molecule has 1 N–H and O–H groups in total. The molecule has 0 aliphatic heterocycles. The second-order valence-corrected chi connectivity index (χ2v) is 8.62. The summed E-state index contributed by atoms with van der Waals surface area (Å²) in [5, 5.41) is 14.2. The van der Waals surface area contributed by atoms with Crippen molar-refractivity contribution >= 4 is 34.7 Å². The van der Waals surface area contributed by atoms with Crippen LogP contribution in [0.2, 0.25) is 0 Å². The molecule has 2 heterocycles. The number of aromatic nitrogens is 3. The molecule has 4 rings (SSSR count). The summed E-state index contributed by atoms with van der Waals surface area (Å²) < 4.78 is 7.39. The minimum atomic E-state index is -0.297. The lowest BCUT2D eigenvalue weighted by molar-refractivity contribution is -0.115. The minimum absolute atomic E-state index is 0.0729. The van der Waals surface area contributed by atoms with Gasteiger partial charge in [-0.15, -0.1) is 21.5 Å². The van der Waals surface area contributed by atoms with E-state index in [0.717, 1.165) is 34.4 Å². The van der Waals surface area contributed by atoms with Gasteiger partial charge in [-0.1, -0.05) is 23.9 Å². The van der Waals surface area contributed by atoms with Gasteiger partial charge in [-0.2, -0.15) is 0 Å². The van der Waals surface area contributed by atoms with Crippen molar-refractivity contribution in [2.45, 2.75) is 36.2 Å². The zero-order valence-corrected chi connectivity index (χ0v) is 16.7. The van der Waals surface area contributed by atoms with Crippen LogP contribution in [0.3, 0.4) is 0 Å². The molecule has 0 spiro atoms. The number of hydrogen-bond donors (Lipinski definition) is 1. The van der Waals surface area contributed by atoms with Crippen molar-refractivity contribution in [3.63, 3.8) is 0 Å². The van der Waals surface area contributed by atoms with Crippen LogP contribution in [-0.2, 0) is 4.79 Å². The van der Waals surface area contributed by atoms with Crippen molar-refractivity contribution in [2.75, 3.05) is 12.4 Å². The lowest BCUT2D eigenvalue weighted by atomic mass is 10.3. The Morgan fingerprint density at radius 2 is 2.19 bits per heavy atom. The summed E-state index contributed by atoms with van der Waals surface area (Å²) in [6.45, 7) is 1.89. The van der Waals surface area contributed by atoms with E-state index in [-0.39, 0.29) is 11.2 Å². The molecule has 6 nitrogen and oxygen atoms in total. The SMILES string of the molecule is COc1cccc(NC(=O)[C@@H](C)Sc2nnc(-c3cccs3)n2C2CC2)c1. The van der Waals surface area contributed by atoms with Crippen LogP contribution in [0.5, 0.6) is 5.75 Å². The Labute approximate surface area is 166 Å². The van der Waals surface area contributed by atoms with Crippen LogP contribution in [0.4, 0.5) is 5.69 Å². The third kappa shape index (κ3) is 4.01. The lowest BCUT2D eigenvalue weighted by Crippen LogP contribution is -2.23. The molecule has 1 saturated carbocycles. The molecule has 1 fully saturated rings. The first-order valence-corrected chi connectivity index (χ1v) is 10.5. The van der Waals surface area contributed by atoms with E-state index in [2.05, 4.69) is 26.1 Å². The number of thiophene rings is 1. The van der Waals surface area contributed by atoms with Gasteiger partial charge in [0, 0.05) is 17.8 Å². The molecule has 0 saturated heterocycles. The van der Waals surface area contributed by atoms with Gasteiger partial charge in [0.05, 0.1) is 17.2 Å². The molecule has 27 heavy (non-hydrogen) atoms. The van der Waals surface area contributed by atoms with E-state index in [1.807, 2.05) is 36.6 Å². The molecule has 1 aromatic carbocycles. The zero-order chi connectivity index (χ0) is 18.8. The second-order valence-electron chi connectivity index (χ2n) is 6.37. The molecule has 140 valence electrons. The Morgan fingerprint density at radius 3 is 2.89 bits per heavy atom. The van der Waals surface area contributed by atoms with Crippen molar-refractivity contribution < 1.29 is 9.53 Å². The van der Waals surface area contributed by atoms with Crippen LogP contribution in [0.25, 0.3) is 10.7 Å². The summed E-state index contributed by atoms with van der Waals surface area (Å²) in [4.78, 5) is 13.7. The Balaban J connectivity index is 1.49. The van der Waals surface area contributed by atoms with Crippen LogP contribution in [0.15, 0.2) is 46.9 Å². The summed E-state index contributed by atoms with van der Waals surface area (Å²) in [5.41, 5.74) is 0.717. The summed E-state index contributed by atoms with van der Waals surface area (Å²) >= 11 is 3.10. The van der Waals surface area contributed by atoms with E-state index >= 15 is 0 Å². The molecular formula is C19H20N4O2S2. The second kappa shape index (κ2) is 7.74. The summed E-state index contributed by atoms with van der Waals surface area (Å²) in [5.74, 6) is 1.54. The van der Waals surface area contributed by atoms with Gasteiger partial charge < -0.3 is 10.1 Å². The van der Waals surface area contributed by atoms with Crippen LogP contribution >= 0.6 is 23.1 Å². The van der Waals surface area contributed by atoms with Gasteiger partial charge in [0.25, 0.3) is 0 Å². The van der Waals surface area contributed by atoms with Gasteiger partial charge in [0.15, 0.2) is 11.0 Å². The number of ether oxygens (including phenoxy) is 1. The van der Waals surface area contributed by atoms with Gasteiger partial charge >= 0.3 is 0 Å². The highest BCUT2D eigenvalue weighted by atomic mass is 32.2. The Bertz CT molecular complexity index is 935. The number of nitrogens with one attached hydrogen (secondary N) is 1. The first-order chi connectivity index (χ1) is 13.2. The maximum atomic E-state index is 12.6. The average molecular weight is 401 g/mol. The third-order valence-electron chi connectivity index (χ3n) is 4.31. The van der Waals surface area contributed by atoms with Gasteiger partial charge in [-0.25, -0.2) is 0 Å². The number of methoxy groups -OCH3 is 1. The summed E-state index contributed by atoms with van der Waals surface area (Å²) in [6, 6.07) is 11.9. The molecular weight excluding hydrogens is 380 g/mol. The van der Waals surface area contributed by atoms with E-state index in [1.54, 1.807) is 24.5 Å². The maximum Gasteiger partial charge on any atom is 0.237 e. The molecule has 8 heteroatoms. The molecule has 1 atom stereocenters. The smallest absolute Gasteiger partial charge is 0.237 e. The van der Waals surface area contributed by atoms with E-state index in [1.165, 1.54) is 11.8 Å². The highest BCUT2D eigenvalue weighted by Crippen LogP contribution is 2.42. The van der Waals surface area contributed by atoms with Gasteiger partial charge in [0.2, 0.25) is 5.91 Å². The van der Waals surface area contributed by atoms with E-state index < -0.39 is 0 Å². The van der Waals surface area contributed by atoms with Crippen molar-refractivity contribution in [1.29, 1.82) is 0 Å². The monoisotopic (exact) mass is 400 g/mol. The van der Waals surface area contributed by atoms with Crippen molar-refractivity contribution in [3.05, 3.63) is 41.8 Å². The quantitative estimate of drug-likeness (QED) is 0.593.